The summed E-state index contributed by atoms with van der Waals surface area (Å²) in [5.41, 5.74) is -0.0775. The molecule has 17 heavy (non-hydrogen) atoms. The maximum absolute atomic E-state index is 13.5. The van der Waals surface area contributed by atoms with Gasteiger partial charge >= 0.3 is 5.97 Å². The average Bonchev–Trinajstić information content (AvgIpc) is 2.30. The zero-order chi connectivity index (χ0) is 12.4. The van der Waals surface area contributed by atoms with Crippen molar-refractivity contribution in [3.05, 3.63) is 53.9 Å². The lowest BCUT2D eigenvalue weighted by molar-refractivity contribution is 0.0697. The van der Waals surface area contributed by atoms with Gasteiger partial charge in [0.05, 0.1) is 11.8 Å². The van der Waals surface area contributed by atoms with E-state index in [1.165, 1.54) is 18.3 Å². The molecule has 0 aliphatic heterocycles. The molecule has 1 aromatic heterocycles. The third-order valence-electron chi connectivity index (χ3n) is 2.27. The molecule has 2 rings (SSSR count). The lowest BCUT2D eigenvalue weighted by Gasteiger charge is -2.06. The minimum absolute atomic E-state index is 0.0809. The van der Waals surface area contributed by atoms with Gasteiger partial charge in [0, 0.05) is 11.8 Å². The van der Waals surface area contributed by atoms with Gasteiger partial charge in [0.1, 0.15) is 11.6 Å². The number of hydrogen-bond donors (Lipinski definition) is 1. The number of carboxylic acids is 1. The summed E-state index contributed by atoms with van der Waals surface area (Å²) in [4.78, 5) is 14.5. The molecule has 0 saturated heterocycles. The molecule has 0 amide bonds. The second-order valence-electron chi connectivity index (χ2n) is 3.35. The first-order chi connectivity index (χ1) is 8.09. The molecule has 0 unspecified atom stereocenters. The van der Waals surface area contributed by atoms with Crippen LogP contribution in [0.3, 0.4) is 0 Å². The molecule has 1 N–H and O–H groups in total. The summed E-state index contributed by atoms with van der Waals surface area (Å²) in [6.45, 7) is 0. The van der Waals surface area contributed by atoms with E-state index < -0.39 is 17.6 Å². The average molecular weight is 235 g/mol. The number of benzene rings is 1. The third-order valence-corrected chi connectivity index (χ3v) is 2.27. The first-order valence-electron chi connectivity index (χ1n) is 4.72. The van der Waals surface area contributed by atoms with Crippen molar-refractivity contribution in [2.45, 2.75) is 0 Å². The van der Waals surface area contributed by atoms with Crippen molar-refractivity contribution in [3.63, 3.8) is 0 Å². The van der Waals surface area contributed by atoms with Crippen LogP contribution in [0, 0.1) is 11.6 Å². The van der Waals surface area contributed by atoms with E-state index in [2.05, 4.69) is 4.98 Å². The van der Waals surface area contributed by atoms with Gasteiger partial charge in [-0.15, -0.1) is 0 Å². The van der Waals surface area contributed by atoms with Crippen LogP contribution in [0.15, 0.2) is 36.7 Å². The van der Waals surface area contributed by atoms with Gasteiger partial charge < -0.3 is 5.11 Å². The van der Waals surface area contributed by atoms with Crippen LogP contribution in [-0.4, -0.2) is 16.1 Å². The monoisotopic (exact) mass is 235 g/mol. The summed E-state index contributed by atoms with van der Waals surface area (Å²) < 4.78 is 26.4. The SMILES string of the molecule is O=C(O)c1cc(F)ccc1-c1ccncc1F. The smallest absolute Gasteiger partial charge is 0.336 e. The van der Waals surface area contributed by atoms with Crippen LogP contribution in [0.4, 0.5) is 8.78 Å². The Kier molecular flexibility index (Phi) is 2.82. The Morgan fingerprint density at radius 1 is 1.18 bits per heavy atom. The summed E-state index contributed by atoms with van der Waals surface area (Å²) >= 11 is 0. The summed E-state index contributed by atoms with van der Waals surface area (Å²) in [5, 5.41) is 8.94. The molecule has 0 fully saturated rings. The molecular formula is C12H7F2NO2. The van der Waals surface area contributed by atoms with Crippen LogP contribution in [0.2, 0.25) is 0 Å². The molecule has 0 atom stereocenters. The number of aromatic nitrogens is 1. The molecule has 1 aromatic carbocycles. The number of carboxylic acid groups (broad SMARTS) is 1. The van der Waals surface area contributed by atoms with Crippen molar-refractivity contribution in [3.8, 4) is 11.1 Å². The Balaban J connectivity index is 2.68. The van der Waals surface area contributed by atoms with Crippen molar-refractivity contribution >= 4 is 5.97 Å². The molecule has 2 aromatic rings. The van der Waals surface area contributed by atoms with E-state index in [9.17, 15) is 13.6 Å². The van der Waals surface area contributed by atoms with Crippen molar-refractivity contribution in [2.24, 2.45) is 0 Å². The highest BCUT2D eigenvalue weighted by Gasteiger charge is 2.15. The zero-order valence-corrected chi connectivity index (χ0v) is 8.52. The van der Waals surface area contributed by atoms with Crippen LogP contribution in [0.25, 0.3) is 11.1 Å². The quantitative estimate of drug-likeness (QED) is 0.870. The molecule has 86 valence electrons. The Hall–Kier alpha value is -2.30. The van der Waals surface area contributed by atoms with Crippen molar-refractivity contribution in [1.29, 1.82) is 0 Å². The standard InChI is InChI=1S/C12H7F2NO2/c13-7-1-2-8(10(5-7)12(16)17)9-3-4-15-6-11(9)14/h1-6H,(H,16,17). The Morgan fingerprint density at radius 3 is 2.59 bits per heavy atom. The lowest BCUT2D eigenvalue weighted by Crippen LogP contribution is -2.01. The normalized spacial score (nSPS) is 10.2. The summed E-state index contributed by atoms with van der Waals surface area (Å²) in [6, 6.07) is 4.52. The van der Waals surface area contributed by atoms with Crippen molar-refractivity contribution < 1.29 is 18.7 Å². The molecule has 0 aliphatic carbocycles. The Bertz CT molecular complexity index is 584. The summed E-state index contributed by atoms with van der Waals surface area (Å²) in [6.07, 6.45) is 2.32. The van der Waals surface area contributed by atoms with Gasteiger partial charge in [-0.25, -0.2) is 13.6 Å². The predicted molar refractivity (Wildman–Crippen MR) is 56.5 cm³/mol. The largest absolute Gasteiger partial charge is 0.478 e. The topological polar surface area (TPSA) is 50.2 Å². The fourth-order valence-corrected chi connectivity index (χ4v) is 1.52. The molecule has 0 spiro atoms. The van der Waals surface area contributed by atoms with Gasteiger partial charge in [-0.2, -0.15) is 0 Å². The van der Waals surface area contributed by atoms with Crippen molar-refractivity contribution in [2.75, 3.05) is 0 Å². The minimum Gasteiger partial charge on any atom is -0.478 e. The summed E-state index contributed by atoms with van der Waals surface area (Å²) in [5.74, 6) is -2.64. The van der Waals surface area contributed by atoms with Crippen LogP contribution in [0.5, 0.6) is 0 Å². The number of carbonyl (C=O) groups is 1. The highest BCUT2D eigenvalue weighted by Crippen LogP contribution is 2.26. The van der Waals surface area contributed by atoms with E-state index in [1.807, 2.05) is 0 Å². The molecular weight excluding hydrogens is 228 g/mol. The second-order valence-corrected chi connectivity index (χ2v) is 3.35. The van der Waals surface area contributed by atoms with Gasteiger partial charge in [-0.1, -0.05) is 6.07 Å². The Labute approximate surface area is 95.4 Å². The highest BCUT2D eigenvalue weighted by molar-refractivity contribution is 5.96. The number of pyridine rings is 1. The molecule has 0 radical (unpaired) electrons. The van der Waals surface area contributed by atoms with Gasteiger partial charge in [0.25, 0.3) is 0 Å². The number of aromatic carboxylic acids is 1. The number of hydrogen-bond acceptors (Lipinski definition) is 2. The predicted octanol–water partition coefficient (Wildman–Crippen LogP) is 2.73. The van der Waals surface area contributed by atoms with Crippen LogP contribution in [0.1, 0.15) is 10.4 Å². The molecule has 1 heterocycles. The van der Waals surface area contributed by atoms with E-state index in [1.54, 1.807) is 0 Å². The minimum atomic E-state index is -1.31. The van der Waals surface area contributed by atoms with Gasteiger partial charge in [0.15, 0.2) is 0 Å². The van der Waals surface area contributed by atoms with E-state index >= 15 is 0 Å². The number of nitrogens with zero attached hydrogens (tertiary/aromatic N) is 1. The molecule has 5 heteroatoms. The first kappa shape index (κ1) is 11.2. The maximum atomic E-state index is 13.5. The first-order valence-corrected chi connectivity index (χ1v) is 4.72. The number of rotatable bonds is 2. The van der Waals surface area contributed by atoms with E-state index in [4.69, 9.17) is 5.11 Å². The lowest BCUT2D eigenvalue weighted by atomic mass is 10.0. The van der Waals surface area contributed by atoms with Gasteiger partial charge in [0.2, 0.25) is 0 Å². The van der Waals surface area contributed by atoms with Crippen LogP contribution in [-0.2, 0) is 0 Å². The fourth-order valence-electron chi connectivity index (χ4n) is 1.52. The molecule has 0 saturated carbocycles. The third kappa shape index (κ3) is 2.13. The van der Waals surface area contributed by atoms with E-state index in [0.29, 0.717) is 0 Å². The number of halogens is 2. The van der Waals surface area contributed by atoms with Crippen LogP contribution < -0.4 is 0 Å². The van der Waals surface area contributed by atoms with E-state index in [0.717, 1.165) is 18.3 Å². The molecule has 0 aliphatic rings. The zero-order valence-electron chi connectivity index (χ0n) is 8.52. The van der Waals surface area contributed by atoms with Gasteiger partial charge in [-0.05, 0) is 23.8 Å². The molecule has 3 nitrogen and oxygen atoms in total. The van der Waals surface area contributed by atoms with Crippen LogP contribution >= 0.6 is 0 Å². The highest BCUT2D eigenvalue weighted by atomic mass is 19.1. The fraction of sp³-hybridized carbons (Fsp3) is 0. The van der Waals surface area contributed by atoms with Gasteiger partial charge in [-0.3, -0.25) is 4.98 Å². The molecule has 0 bridgehead atoms. The Morgan fingerprint density at radius 2 is 1.94 bits per heavy atom. The second kappa shape index (κ2) is 4.29. The maximum Gasteiger partial charge on any atom is 0.336 e. The van der Waals surface area contributed by atoms with E-state index in [-0.39, 0.29) is 16.7 Å². The summed E-state index contributed by atoms with van der Waals surface area (Å²) in [7, 11) is 0. The van der Waals surface area contributed by atoms with Crippen molar-refractivity contribution in [1.82, 2.24) is 4.98 Å².